The molecule has 4 N–H and O–H groups in total. The molecule has 0 unspecified atom stereocenters. The largest absolute Gasteiger partial charge is 0.494 e. The molecule has 16 nitrogen and oxygen atoms in total. The van der Waals surface area contributed by atoms with Crippen LogP contribution in [0.4, 0.5) is 0 Å². The maximum absolute atomic E-state index is 14.0. The number of benzene rings is 2. The lowest BCUT2D eigenvalue weighted by Crippen LogP contribution is -2.63. The fourth-order valence-corrected chi connectivity index (χ4v) is 9.47. The Bertz CT molecular complexity index is 1960. The molecule has 0 saturated carbocycles. The van der Waals surface area contributed by atoms with E-state index < -0.39 is 116 Å². The SMILES string of the molecule is CC[C@H]1OC(=O)C[C@@H](O)[C@H](C)[C@@H](O[C@@H]2O[C@H](C)[C@@H](O)[C@H](N(C)C)[C@H]2O)[C@@H](CCOc2ccc(C(=O)c3ccccc3)cc2)C[C@@H](C)C(=O)/C=C/C(C)=C/[C@@H]1CO[C@@H]1O[C@H](C)[C@@H](O)[C@@H](OC)[C@H]1OC. The third-order valence-corrected chi connectivity index (χ3v) is 13.6. The molecule has 0 amide bonds. The number of nitrogens with zero attached hydrogens (tertiary/aromatic N) is 1. The molecule has 0 spiro atoms. The van der Waals surface area contributed by atoms with Crippen LogP contribution in [0.15, 0.2) is 78.4 Å². The number of carbonyl (C=O) groups excluding carboxylic acids is 3. The lowest BCUT2D eigenvalue weighted by molar-refractivity contribution is -0.304. The molecule has 2 saturated heterocycles. The van der Waals surface area contributed by atoms with Crippen LogP contribution in [0, 0.1) is 23.7 Å². The van der Waals surface area contributed by atoms with Crippen LogP contribution >= 0.6 is 0 Å². The number of hydrogen-bond acceptors (Lipinski definition) is 16. The molecule has 378 valence electrons. The fraction of sp³-hybridized carbons (Fsp3) is 0.635. The molecule has 0 aliphatic carbocycles. The third kappa shape index (κ3) is 14.1. The molecule has 3 aliphatic rings. The van der Waals surface area contributed by atoms with Gasteiger partial charge in [0.25, 0.3) is 0 Å². The van der Waals surface area contributed by atoms with E-state index >= 15 is 0 Å². The number of aliphatic hydroxyl groups is 4. The van der Waals surface area contributed by atoms with E-state index in [1.807, 2.05) is 45.0 Å². The van der Waals surface area contributed by atoms with Crippen molar-refractivity contribution in [3.63, 3.8) is 0 Å². The van der Waals surface area contributed by atoms with Gasteiger partial charge < -0.3 is 63.2 Å². The second-order valence-corrected chi connectivity index (χ2v) is 18.8. The first-order chi connectivity index (χ1) is 32.4. The Hall–Kier alpha value is -3.91. The van der Waals surface area contributed by atoms with E-state index in [0.717, 1.165) is 0 Å². The van der Waals surface area contributed by atoms with E-state index in [-0.39, 0.29) is 31.2 Å². The van der Waals surface area contributed by atoms with Gasteiger partial charge in [0, 0.05) is 43.1 Å². The van der Waals surface area contributed by atoms with Crippen LogP contribution in [0.2, 0.25) is 0 Å². The summed E-state index contributed by atoms with van der Waals surface area (Å²) in [5, 5.41) is 45.3. The second-order valence-electron chi connectivity index (χ2n) is 18.8. The Labute approximate surface area is 401 Å². The van der Waals surface area contributed by atoms with Crippen LogP contribution in [-0.4, -0.2) is 164 Å². The number of hydrogen-bond donors (Lipinski definition) is 4. The van der Waals surface area contributed by atoms with E-state index in [0.29, 0.717) is 35.3 Å². The molecule has 68 heavy (non-hydrogen) atoms. The van der Waals surface area contributed by atoms with Crippen molar-refractivity contribution in [2.75, 3.05) is 41.5 Å². The minimum Gasteiger partial charge on any atom is -0.494 e. The number of carbonyl (C=O) groups is 3. The predicted octanol–water partition coefficient (Wildman–Crippen LogP) is 4.67. The molecule has 0 aromatic heterocycles. The molecule has 3 heterocycles. The highest BCUT2D eigenvalue weighted by Crippen LogP contribution is 2.35. The predicted molar refractivity (Wildman–Crippen MR) is 252 cm³/mol. The van der Waals surface area contributed by atoms with Crippen molar-refractivity contribution in [3.05, 3.63) is 89.5 Å². The van der Waals surface area contributed by atoms with Gasteiger partial charge in [-0.2, -0.15) is 0 Å². The van der Waals surface area contributed by atoms with Crippen molar-refractivity contribution in [1.29, 1.82) is 0 Å². The number of allylic oxidation sites excluding steroid dienone is 3. The zero-order valence-corrected chi connectivity index (χ0v) is 41.2. The first-order valence-electron chi connectivity index (χ1n) is 23.8. The first-order valence-corrected chi connectivity index (χ1v) is 23.8. The first kappa shape index (κ1) is 55.0. The number of ketones is 2. The Balaban J connectivity index is 1.44. The lowest BCUT2D eigenvalue weighted by atomic mass is 9.79. The summed E-state index contributed by atoms with van der Waals surface area (Å²) in [6, 6.07) is 15.1. The van der Waals surface area contributed by atoms with Gasteiger partial charge in [0.2, 0.25) is 0 Å². The zero-order valence-electron chi connectivity index (χ0n) is 41.2. The molecule has 0 radical (unpaired) electrons. The number of rotatable bonds is 15. The standard InChI is InChI=1S/C52H75NO15/c1-11-41-37(28-64-52-50(62-10)49(61-9)45(58)33(6)66-52)25-29(2)17-22-39(54)30(3)26-36(23-24-63-38-20-18-35(19-21-38)46(59)34-15-13-12-14-16-34)48(31(4)40(55)27-42(56)67-41)68-51-47(60)43(53(7)8)44(57)32(5)65-51/h12-22,25,30-33,36-37,40-41,43-45,47-52,55,57-58,60H,11,23-24,26-28H2,1-10H3/b22-17+,29-25+/t30-,31+,32-,33-,36+,37-,40-,41-,43+,44-,45-,47-,48-,49-,50-,51+,52-/m1/s1. The summed E-state index contributed by atoms with van der Waals surface area (Å²) < 4.78 is 48.7. The van der Waals surface area contributed by atoms with Crippen LogP contribution in [0.5, 0.6) is 5.75 Å². The quantitative estimate of drug-likeness (QED) is 0.141. The van der Waals surface area contributed by atoms with E-state index in [9.17, 15) is 34.8 Å². The Morgan fingerprint density at radius 3 is 2.06 bits per heavy atom. The third-order valence-electron chi connectivity index (χ3n) is 13.6. The zero-order chi connectivity index (χ0) is 49.8. The van der Waals surface area contributed by atoms with E-state index in [1.54, 1.807) is 82.2 Å². The van der Waals surface area contributed by atoms with E-state index in [4.69, 9.17) is 37.9 Å². The molecule has 2 fully saturated rings. The van der Waals surface area contributed by atoms with Crippen molar-refractivity contribution >= 4 is 17.5 Å². The average Bonchev–Trinajstić information content (AvgIpc) is 3.32. The number of esters is 1. The maximum Gasteiger partial charge on any atom is 0.308 e. The highest BCUT2D eigenvalue weighted by molar-refractivity contribution is 6.09. The van der Waals surface area contributed by atoms with Gasteiger partial charge in [0.05, 0.1) is 56.2 Å². The molecule has 0 bridgehead atoms. The molecule has 2 aromatic carbocycles. The lowest BCUT2D eigenvalue weighted by Gasteiger charge is -2.46. The van der Waals surface area contributed by atoms with E-state index in [1.165, 1.54) is 20.3 Å². The summed E-state index contributed by atoms with van der Waals surface area (Å²) in [7, 11) is 6.42. The van der Waals surface area contributed by atoms with Gasteiger partial charge in [-0.25, -0.2) is 0 Å². The van der Waals surface area contributed by atoms with Gasteiger partial charge in [-0.05, 0) is 90.4 Å². The van der Waals surface area contributed by atoms with Gasteiger partial charge in [-0.1, -0.05) is 68.8 Å². The topological polar surface area (TPSA) is 209 Å². The van der Waals surface area contributed by atoms with Crippen molar-refractivity contribution < 1.29 is 72.7 Å². The van der Waals surface area contributed by atoms with Crippen LogP contribution in [-0.2, 0) is 42.7 Å². The van der Waals surface area contributed by atoms with Crippen molar-refractivity contribution in [3.8, 4) is 5.75 Å². The normalized spacial score (nSPS) is 36.9. The molecular weight excluding hydrogens is 879 g/mol. The Morgan fingerprint density at radius 2 is 1.43 bits per heavy atom. The summed E-state index contributed by atoms with van der Waals surface area (Å²) in [6.45, 7) is 10.8. The highest BCUT2D eigenvalue weighted by Gasteiger charge is 2.48. The number of aliphatic hydroxyl groups excluding tert-OH is 4. The summed E-state index contributed by atoms with van der Waals surface area (Å²) in [5.41, 5.74) is 1.78. The van der Waals surface area contributed by atoms with Crippen molar-refractivity contribution in [1.82, 2.24) is 4.90 Å². The van der Waals surface area contributed by atoms with Crippen LogP contribution in [0.25, 0.3) is 0 Å². The molecule has 2 aromatic rings. The average molecular weight is 954 g/mol. The number of cyclic esters (lactones) is 1. The Kier molecular flexibility index (Phi) is 20.9. The molecule has 16 heteroatoms. The van der Waals surface area contributed by atoms with Gasteiger partial charge in [-0.3, -0.25) is 14.4 Å². The van der Waals surface area contributed by atoms with Gasteiger partial charge in [-0.15, -0.1) is 0 Å². The monoisotopic (exact) mass is 954 g/mol. The van der Waals surface area contributed by atoms with E-state index in [2.05, 4.69) is 0 Å². The Morgan fingerprint density at radius 1 is 0.794 bits per heavy atom. The smallest absolute Gasteiger partial charge is 0.308 e. The second kappa shape index (κ2) is 25.8. The number of methoxy groups -OCH3 is 2. The van der Waals surface area contributed by atoms with Crippen molar-refractivity contribution in [2.45, 2.75) is 147 Å². The van der Waals surface area contributed by atoms with Crippen LogP contribution in [0.3, 0.4) is 0 Å². The van der Waals surface area contributed by atoms with Crippen LogP contribution < -0.4 is 4.74 Å². The van der Waals surface area contributed by atoms with Crippen LogP contribution in [0.1, 0.15) is 83.1 Å². The highest BCUT2D eigenvalue weighted by atomic mass is 16.7. The fourth-order valence-electron chi connectivity index (χ4n) is 9.47. The summed E-state index contributed by atoms with van der Waals surface area (Å²) in [4.78, 5) is 42.7. The summed E-state index contributed by atoms with van der Waals surface area (Å²) >= 11 is 0. The summed E-state index contributed by atoms with van der Waals surface area (Å²) in [6.07, 6.45) is -5.67. The minimum absolute atomic E-state index is 0.00441. The molecule has 3 aliphatic heterocycles. The molecule has 17 atom stereocenters. The number of likely N-dealkylation sites (N-methyl/N-ethyl adjacent to an activating group) is 1. The maximum atomic E-state index is 14.0. The van der Waals surface area contributed by atoms with Gasteiger partial charge >= 0.3 is 5.97 Å². The number of ether oxygens (including phenoxy) is 8. The van der Waals surface area contributed by atoms with Crippen molar-refractivity contribution in [2.24, 2.45) is 23.7 Å². The minimum atomic E-state index is -1.32. The van der Waals surface area contributed by atoms with Gasteiger partial charge in [0.1, 0.15) is 36.3 Å². The van der Waals surface area contributed by atoms with Gasteiger partial charge in [0.15, 0.2) is 24.1 Å². The molecular formula is C52H75NO15. The molecule has 5 rings (SSSR count). The summed E-state index contributed by atoms with van der Waals surface area (Å²) in [5.74, 6) is -2.83.